The Kier molecular flexibility index (Phi) is 6.37. The maximum Gasteiger partial charge on any atom is 0.233 e. The molecule has 1 aromatic carbocycles. The Labute approximate surface area is 185 Å². The molecule has 2 aromatic rings. The Hall–Kier alpha value is -2.34. The second-order valence-electron chi connectivity index (χ2n) is 10.2. The van der Waals surface area contributed by atoms with Crippen molar-refractivity contribution in [3.8, 4) is 11.3 Å². The average molecular weight is 426 g/mol. The molecular weight excluding hydrogens is 390 g/mol. The van der Waals surface area contributed by atoms with Crippen molar-refractivity contribution in [2.75, 3.05) is 37.7 Å². The van der Waals surface area contributed by atoms with Crippen molar-refractivity contribution in [2.24, 2.45) is 11.3 Å². The normalized spacial score (nSPS) is 17.1. The molecule has 2 fully saturated rings. The average Bonchev–Trinajstić information content (AvgIpc) is 3.44. The van der Waals surface area contributed by atoms with E-state index >= 15 is 0 Å². The van der Waals surface area contributed by atoms with Crippen molar-refractivity contribution in [3.05, 3.63) is 35.4 Å². The molecule has 0 radical (unpaired) electrons. The van der Waals surface area contributed by atoms with Gasteiger partial charge in [0, 0.05) is 31.6 Å². The number of nitrogens with zero attached hydrogens (tertiary/aromatic N) is 3. The molecule has 1 amide bonds. The van der Waals surface area contributed by atoms with Crippen LogP contribution in [0, 0.1) is 18.3 Å². The first kappa shape index (κ1) is 21.9. The number of benzene rings is 1. The lowest BCUT2D eigenvalue weighted by atomic mass is 9.91. The van der Waals surface area contributed by atoms with Crippen molar-refractivity contribution in [1.82, 2.24) is 10.1 Å². The second kappa shape index (κ2) is 9.03. The molecule has 168 valence electrons. The van der Waals surface area contributed by atoms with Gasteiger partial charge >= 0.3 is 0 Å². The number of ether oxygens (including phenoxy) is 1. The topological polar surface area (TPSA) is 58.8 Å². The summed E-state index contributed by atoms with van der Waals surface area (Å²) in [5.74, 6) is 1.62. The molecule has 6 nitrogen and oxygen atoms in total. The zero-order valence-electron chi connectivity index (χ0n) is 19.3. The number of hydrogen-bond acceptors (Lipinski definition) is 5. The minimum absolute atomic E-state index is 0.0417. The van der Waals surface area contributed by atoms with Crippen LogP contribution in [0.1, 0.15) is 51.2 Å². The lowest BCUT2D eigenvalue weighted by Crippen LogP contribution is -2.38. The summed E-state index contributed by atoms with van der Waals surface area (Å²) in [6, 6.07) is 8.33. The van der Waals surface area contributed by atoms with Crippen LogP contribution in [0.15, 0.2) is 28.8 Å². The van der Waals surface area contributed by atoms with Gasteiger partial charge in [0.1, 0.15) is 5.69 Å². The maximum atomic E-state index is 13.3. The summed E-state index contributed by atoms with van der Waals surface area (Å²) in [5.41, 5.74) is 4.02. The molecule has 2 heterocycles. The van der Waals surface area contributed by atoms with Gasteiger partial charge in [0.15, 0.2) is 0 Å². The smallest absolute Gasteiger partial charge is 0.233 e. The summed E-state index contributed by atoms with van der Waals surface area (Å²) in [4.78, 5) is 17.5. The molecule has 1 aromatic heterocycles. The van der Waals surface area contributed by atoms with Crippen molar-refractivity contribution >= 4 is 11.8 Å². The molecule has 0 spiro atoms. The molecule has 0 N–H and O–H groups in total. The minimum atomic E-state index is -0.0417. The fraction of sp³-hybridized carbons (Fsp3) is 0.600. The first-order valence-corrected chi connectivity index (χ1v) is 11.5. The van der Waals surface area contributed by atoms with Crippen LogP contribution < -0.4 is 4.90 Å². The number of anilines is 1. The van der Waals surface area contributed by atoms with Crippen LogP contribution in [0.3, 0.4) is 0 Å². The van der Waals surface area contributed by atoms with Gasteiger partial charge in [-0.15, -0.1) is 0 Å². The van der Waals surface area contributed by atoms with E-state index in [-0.39, 0.29) is 11.3 Å². The molecule has 6 heteroatoms. The highest BCUT2D eigenvalue weighted by atomic mass is 16.5. The SMILES string of the molecule is Cc1cccc(-c2noc(N3CCOCC3)c2CN(CC2CC2)C(=O)CC(C)(C)C)c1. The molecule has 1 aliphatic heterocycles. The van der Waals surface area contributed by atoms with E-state index in [2.05, 4.69) is 56.0 Å². The van der Waals surface area contributed by atoms with E-state index in [9.17, 15) is 4.79 Å². The van der Waals surface area contributed by atoms with Crippen LogP contribution in [0.25, 0.3) is 11.3 Å². The standard InChI is InChI=1S/C25H35N3O3/c1-18-6-5-7-20(14-18)23-21(24(31-26-23)27-10-12-30-13-11-27)17-28(16-19-8-9-19)22(29)15-25(2,3)4/h5-7,14,19H,8-13,15-17H2,1-4H3. The Morgan fingerprint density at radius 1 is 1.23 bits per heavy atom. The van der Waals surface area contributed by atoms with E-state index in [0.717, 1.165) is 42.3 Å². The monoisotopic (exact) mass is 425 g/mol. The zero-order chi connectivity index (χ0) is 22.0. The maximum absolute atomic E-state index is 13.3. The summed E-state index contributed by atoms with van der Waals surface area (Å²) in [7, 11) is 0. The van der Waals surface area contributed by atoms with Gasteiger partial charge in [-0.05, 0) is 37.2 Å². The van der Waals surface area contributed by atoms with Gasteiger partial charge in [-0.3, -0.25) is 4.79 Å². The number of hydrogen-bond donors (Lipinski definition) is 0. The summed E-state index contributed by atoms with van der Waals surface area (Å²) in [6.45, 7) is 12.7. The van der Waals surface area contributed by atoms with E-state index in [0.29, 0.717) is 32.1 Å². The van der Waals surface area contributed by atoms with Gasteiger partial charge in [-0.2, -0.15) is 0 Å². The molecule has 0 unspecified atom stereocenters. The van der Waals surface area contributed by atoms with Crippen LogP contribution in [-0.2, 0) is 16.1 Å². The van der Waals surface area contributed by atoms with E-state index in [1.165, 1.54) is 18.4 Å². The van der Waals surface area contributed by atoms with Gasteiger partial charge in [0.05, 0.1) is 25.3 Å². The number of carbonyl (C=O) groups is 1. The van der Waals surface area contributed by atoms with Gasteiger partial charge in [0.2, 0.25) is 11.8 Å². The fourth-order valence-electron chi connectivity index (χ4n) is 4.10. The number of carbonyl (C=O) groups excluding carboxylic acids is 1. The van der Waals surface area contributed by atoms with E-state index < -0.39 is 0 Å². The Bertz CT molecular complexity index is 905. The number of rotatable bonds is 7. The molecule has 1 saturated heterocycles. The molecule has 2 aliphatic rings. The minimum Gasteiger partial charge on any atom is -0.378 e. The highest BCUT2D eigenvalue weighted by molar-refractivity contribution is 5.78. The first-order chi connectivity index (χ1) is 14.8. The molecule has 0 atom stereocenters. The zero-order valence-corrected chi connectivity index (χ0v) is 19.3. The van der Waals surface area contributed by atoms with Gasteiger partial charge in [-0.25, -0.2) is 0 Å². The van der Waals surface area contributed by atoms with E-state index in [4.69, 9.17) is 9.26 Å². The van der Waals surface area contributed by atoms with Gasteiger partial charge < -0.3 is 19.1 Å². The van der Waals surface area contributed by atoms with E-state index in [1.54, 1.807) is 0 Å². The molecular formula is C25H35N3O3. The number of amides is 1. The second-order valence-corrected chi connectivity index (χ2v) is 10.2. The van der Waals surface area contributed by atoms with Gasteiger partial charge in [0.25, 0.3) is 0 Å². The molecule has 31 heavy (non-hydrogen) atoms. The summed E-state index contributed by atoms with van der Waals surface area (Å²) < 4.78 is 11.4. The molecule has 1 aliphatic carbocycles. The molecule has 0 bridgehead atoms. The lowest BCUT2D eigenvalue weighted by molar-refractivity contribution is -0.134. The predicted octanol–water partition coefficient (Wildman–Crippen LogP) is 4.66. The third-order valence-corrected chi connectivity index (χ3v) is 5.92. The van der Waals surface area contributed by atoms with Crippen molar-refractivity contribution in [1.29, 1.82) is 0 Å². The third kappa shape index (κ3) is 5.67. The van der Waals surface area contributed by atoms with Crippen LogP contribution >= 0.6 is 0 Å². The first-order valence-electron chi connectivity index (χ1n) is 11.5. The van der Waals surface area contributed by atoms with Crippen molar-refractivity contribution in [3.63, 3.8) is 0 Å². The number of aryl methyl sites for hydroxylation is 1. The highest BCUT2D eigenvalue weighted by Gasteiger charge is 2.32. The predicted molar refractivity (Wildman–Crippen MR) is 122 cm³/mol. The Balaban J connectivity index is 1.68. The lowest BCUT2D eigenvalue weighted by Gasteiger charge is -2.29. The van der Waals surface area contributed by atoms with E-state index in [1.807, 2.05) is 11.0 Å². The summed E-state index contributed by atoms with van der Waals surface area (Å²) in [5, 5.41) is 4.49. The van der Waals surface area contributed by atoms with Gasteiger partial charge in [-0.1, -0.05) is 49.7 Å². The largest absolute Gasteiger partial charge is 0.378 e. The number of morpholine rings is 1. The number of aromatic nitrogens is 1. The van der Waals surface area contributed by atoms with Crippen LogP contribution in [0.2, 0.25) is 0 Å². The molecule has 1 saturated carbocycles. The fourth-order valence-corrected chi connectivity index (χ4v) is 4.10. The van der Waals surface area contributed by atoms with Crippen molar-refractivity contribution < 1.29 is 14.1 Å². The highest BCUT2D eigenvalue weighted by Crippen LogP contribution is 2.36. The Morgan fingerprint density at radius 3 is 2.61 bits per heavy atom. The summed E-state index contributed by atoms with van der Waals surface area (Å²) >= 11 is 0. The molecule has 4 rings (SSSR count). The van der Waals surface area contributed by atoms with Crippen molar-refractivity contribution in [2.45, 2.75) is 53.5 Å². The quantitative estimate of drug-likeness (QED) is 0.646. The third-order valence-electron chi connectivity index (χ3n) is 5.92. The summed E-state index contributed by atoms with van der Waals surface area (Å²) in [6.07, 6.45) is 2.96. The van der Waals surface area contributed by atoms with Crippen LogP contribution in [0.5, 0.6) is 0 Å². The Morgan fingerprint density at radius 2 is 1.97 bits per heavy atom. The van der Waals surface area contributed by atoms with Crippen LogP contribution in [0.4, 0.5) is 5.88 Å². The van der Waals surface area contributed by atoms with Crippen LogP contribution in [-0.4, -0.2) is 48.8 Å².